The number of carbonyl (C=O) groups is 1. The van der Waals surface area contributed by atoms with Crippen LogP contribution in [0.2, 0.25) is 0 Å². The van der Waals surface area contributed by atoms with Gasteiger partial charge in [-0.05, 0) is 62.1 Å². The zero-order valence-corrected chi connectivity index (χ0v) is 15.4. The Bertz CT molecular complexity index is 475. The number of hydrogen-bond acceptors (Lipinski definition) is 2. The summed E-state index contributed by atoms with van der Waals surface area (Å²) in [5.74, 6) is 1.65. The highest BCUT2D eigenvalue weighted by atomic mass is 79.9. The molecular weight excluding hydrogens is 340 g/mol. The third kappa shape index (κ3) is 4.58. The Hall–Kier alpha value is -0.830. The molecule has 2 atom stereocenters. The largest absolute Gasteiger partial charge is 0.458 e. The molecule has 0 saturated heterocycles. The maximum Gasteiger partial charge on any atom is 0.309 e. The van der Waals surface area contributed by atoms with Crippen LogP contribution in [0.25, 0.3) is 0 Å². The van der Waals surface area contributed by atoms with Gasteiger partial charge in [0.05, 0.1) is 5.92 Å². The summed E-state index contributed by atoms with van der Waals surface area (Å²) in [6, 6.07) is 7.97. The molecule has 0 spiro atoms. The van der Waals surface area contributed by atoms with E-state index in [0.717, 1.165) is 34.7 Å². The molecule has 2 rings (SSSR count). The quantitative estimate of drug-likeness (QED) is 0.605. The standard InChI is InChI=1S/C19H27BrO2/c1-4-13(2)15-5-7-17(8-6-15)19(21)22-14(3)16-9-11-18(20)12-10-16/h9-15,17H,4-8H2,1-3H3. The summed E-state index contributed by atoms with van der Waals surface area (Å²) in [7, 11) is 0. The van der Waals surface area contributed by atoms with Crippen LogP contribution in [-0.4, -0.2) is 5.97 Å². The second-order valence-corrected chi connectivity index (χ2v) is 7.54. The summed E-state index contributed by atoms with van der Waals surface area (Å²) in [6.07, 6.45) is 5.37. The van der Waals surface area contributed by atoms with Gasteiger partial charge in [0, 0.05) is 4.47 Å². The first kappa shape index (κ1) is 17.5. The molecule has 2 unspecified atom stereocenters. The number of halogens is 1. The summed E-state index contributed by atoms with van der Waals surface area (Å²) in [4.78, 5) is 12.4. The molecule has 0 radical (unpaired) electrons. The SMILES string of the molecule is CCC(C)C1CCC(C(=O)OC(C)c2ccc(Br)cc2)CC1. The van der Waals surface area contributed by atoms with Crippen molar-refractivity contribution < 1.29 is 9.53 Å². The van der Waals surface area contributed by atoms with Crippen LogP contribution in [0.3, 0.4) is 0 Å². The van der Waals surface area contributed by atoms with Crippen LogP contribution >= 0.6 is 15.9 Å². The van der Waals surface area contributed by atoms with E-state index >= 15 is 0 Å². The summed E-state index contributed by atoms with van der Waals surface area (Å²) in [5.41, 5.74) is 1.05. The highest BCUT2D eigenvalue weighted by molar-refractivity contribution is 9.10. The normalized spacial score (nSPS) is 24.5. The molecule has 1 aromatic rings. The summed E-state index contributed by atoms with van der Waals surface area (Å²) in [5, 5.41) is 0. The first-order chi connectivity index (χ1) is 10.5. The van der Waals surface area contributed by atoms with Gasteiger partial charge in [-0.2, -0.15) is 0 Å². The number of benzene rings is 1. The van der Waals surface area contributed by atoms with Crippen molar-refractivity contribution in [1.82, 2.24) is 0 Å². The van der Waals surface area contributed by atoms with Crippen LogP contribution in [-0.2, 0) is 9.53 Å². The lowest BCUT2D eigenvalue weighted by Gasteiger charge is -2.31. The second-order valence-electron chi connectivity index (χ2n) is 6.63. The molecule has 0 heterocycles. The minimum atomic E-state index is -0.173. The van der Waals surface area contributed by atoms with E-state index in [2.05, 4.69) is 29.8 Å². The number of hydrogen-bond donors (Lipinski definition) is 0. The van der Waals surface area contributed by atoms with Crippen molar-refractivity contribution in [1.29, 1.82) is 0 Å². The van der Waals surface area contributed by atoms with Crippen molar-refractivity contribution >= 4 is 21.9 Å². The third-order valence-corrected chi connectivity index (χ3v) is 5.71. The Morgan fingerprint density at radius 1 is 1.18 bits per heavy atom. The lowest BCUT2D eigenvalue weighted by Crippen LogP contribution is -2.26. The highest BCUT2D eigenvalue weighted by Gasteiger charge is 2.30. The number of rotatable bonds is 5. The van der Waals surface area contributed by atoms with Gasteiger partial charge in [0.25, 0.3) is 0 Å². The highest BCUT2D eigenvalue weighted by Crippen LogP contribution is 2.35. The van der Waals surface area contributed by atoms with E-state index in [1.165, 1.54) is 19.3 Å². The van der Waals surface area contributed by atoms with E-state index in [1.54, 1.807) is 0 Å². The summed E-state index contributed by atoms with van der Waals surface area (Å²) < 4.78 is 6.72. The minimum absolute atomic E-state index is 0.0157. The molecule has 1 saturated carbocycles. The van der Waals surface area contributed by atoms with E-state index in [4.69, 9.17) is 4.74 Å². The fourth-order valence-electron chi connectivity index (χ4n) is 3.33. The van der Waals surface area contributed by atoms with E-state index < -0.39 is 0 Å². The van der Waals surface area contributed by atoms with Crippen LogP contribution in [0.1, 0.15) is 64.5 Å². The molecule has 22 heavy (non-hydrogen) atoms. The van der Waals surface area contributed by atoms with Crippen LogP contribution in [0.15, 0.2) is 28.7 Å². The maximum atomic E-state index is 12.4. The molecule has 0 aromatic heterocycles. The molecule has 1 aliphatic carbocycles. The number of esters is 1. The average Bonchev–Trinajstić information content (AvgIpc) is 2.54. The molecule has 0 N–H and O–H groups in total. The monoisotopic (exact) mass is 366 g/mol. The molecule has 0 bridgehead atoms. The molecule has 0 amide bonds. The van der Waals surface area contributed by atoms with E-state index in [1.807, 2.05) is 31.2 Å². The van der Waals surface area contributed by atoms with Crippen molar-refractivity contribution in [2.75, 3.05) is 0 Å². The zero-order valence-electron chi connectivity index (χ0n) is 13.8. The Morgan fingerprint density at radius 3 is 2.32 bits per heavy atom. The Labute approximate surface area is 142 Å². The average molecular weight is 367 g/mol. The molecule has 2 nitrogen and oxygen atoms in total. The third-order valence-electron chi connectivity index (χ3n) is 5.19. The molecule has 1 fully saturated rings. The van der Waals surface area contributed by atoms with Crippen molar-refractivity contribution in [2.45, 2.75) is 59.0 Å². The van der Waals surface area contributed by atoms with Gasteiger partial charge in [-0.15, -0.1) is 0 Å². The van der Waals surface area contributed by atoms with Gasteiger partial charge >= 0.3 is 5.97 Å². The summed E-state index contributed by atoms with van der Waals surface area (Å²) in [6.45, 7) is 6.54. The molecule has 122 valence electrons. The van der Waals surface area contributed by atoms with Crippen molar-refractivity contribution in [3.63, 3.8) is 0 Å². The fourth-order valence-corrected chi connectivity index (χ4v) is 3.59. The van der Waals surface area contributed by atoms with E-state index in [-0.39, 0.29) is 18.0 Å². The van der Waals surface area contributed by atoms with Gasteiger partial charge in [-0.1, -0.05) is 48.3 Å². The smallest absolute Gasteiger partial charge is 0.309 e. The van der Waals surface area contributed by atoms with E-state index in [0.29, 0.717) is 0 Å². The first-order valence-corrected chi connectivity index (χ1v) is 9.26. The second kappa shape index (κ2) is 8.14. The molecule has 3 heteroatoms. The number of carbonyl (C=O) groups excluding carboxylic acids is 1. The van der Waals surface area contributed by atoms with Crippen LogP contribution in [0, 0.1) is 17.8 Å². The first-order valence-electron chi connectivity index (χ1n) is 8.47. The minimum Gasteiger partial charge on any atom is -0.458 e. The van der Waals surface area contributed by atoms with Crippen LogP contribution in [0.4, 0.5) is 0 Å². The van der Waals surface area contributed by atoms with Gasteiger partial charge in [0.2, 0.25) is 0 Å². The lowest BCUT2D eigenvalue weighted by atomic mass is 9.75. The molecule has 1 aliphatic rings. The van der Waals surface area contributed by atoms with Gasteiger partial charge in [-0.25, -0.2) is 0 Å². The van der Waals surface area contributed by atoms with Crippen LogP contribution in [0.5, 0.6) is 0 Å². The molecule has 0 aliphatic heterocycles. The lowest BCUT2D eigenvalue weighted by molar-refractivity contribution is -0.155. The van der Waals surface area contributed by atoms with Crippen molar-refractivity contribution in [3.8, 4) is 0 Å². The van der Waals surface area contributed by atoms with Gasteiger partial charge in [-0.3, -0.25) is 4.79 Å². The van der Waals surface area contributed by atoms with Gasteiger partial charge in [0.15, 0.2) is 0 Å². The summed E-state index contributed by atoms with van der Waals surface area (Å²) >= 11 is 3.42. The predicted molar refractivity (Wildman–Crippen MR) is 93.6 cm³/mol. The van der Waals surface area contributed by atoms with Crippen LogP contribution < -0.4 is 0 Å². The molecule has 1 aromatic carbocycles. The fraction of sp³-hybridized carbons (Fsp3) is 0.632. The maximum absolute atomic E-state index is 12.4. The van der Waals surface area contributed by atoms with Gasteiger partial charge in [0.1, 0.15) is 6.10 Å². The topological polar surface area (TPSA) is 26.3 Å². The van der Waals surface area contributed by atoms with Gasteiger partial charge < -0.3 is 4.74 Å². The Balaban J connectivity index is 1.84. The zero-order chi connectivity index (χ0) is 16.1. The Morgan fingerprint density at radius 2 is 1.77 bits per heavy atom. The predicted octanol–water partition coefficient (Wildman–Crippen LogP) is 5.91. The van der Waals surface area contributed by atoms with Crippen molar-refractivity contribution in [3.05, 3.63) is 34.3 Å². The Kier molecular flexibility index (Phi) is 6.49. The van der Waals surface area contributed by atoms with Crippen molar-refractivity contribution in [2.24, 2.45) is 17.8 Å². The number of ether oxygens (including phenoxy) is 1. The van der Waals surface area contributed by atoms with E-state index in [9.17, 15) is 4.79 Å². The molecular formula is C19H27BrO2.